The van der Waals surface area contributed by atoms with Crippen molar-refractivity contribution in [2.24, 2.45) is 5.92 Å². The van der Waals surface area contributed by atoms with Crippen LogP contribution in [0.4, 0.5) is 0 Å². The summed E-state index contributed by atoms with van der Waals surface area (Å²) in [5.74, 6) is 4.54. The molecule has 0 saturated carbocycles. The number of hydrogen-bond donors (Lipinski definition) is 1. The van der Waals surface area contributed by atoms with E-state index in [-0.39, 0.29) is 24.2 Å². The molecule has 0 radical (unpaired) electrons. The number of rotatable bonds is 6. The zero-order valence-electron chi connectivity index (χ0n) is 9.72. The van der Waals surface area contributed by atoms with Gasteiger partial charge in [-0.2, -0.15) is 0 Å². The summed E-state index contributed by atoms with van der Waals surface area (Å²) in [7, 11) is 0. The number of Topliss-reactive ketones (excluding diaryl/α,β-unsaturated/α-hetero) is 1. The molecule has 1 unspecified atom stereocenters. The Balaban J connectivity index is 3.81. The van der Waals surface area contributed by atoms with Crippen molar-refractivity contribution in [2.75, 3.05) is 6.54 Å². The van der Waals surface area contributed by atoms with Crippen LogP contribution in [-0.4, -0.2) is 18.2 Å². The molecule has 1 atom stereocenters. The predicted octanol–water partition coefficient (Wildman–Crippen LogP) is 1.52. The van der Waals surface area contributed by atoms with E-state index in [1.165, 1.54) is 0 Å². The third-order valence-electron chi connectivity index (χ3n) is 2.20. The van der Waals surface area contributed by atoms with Crippen LogP contribution in [0.25, 0.3) is 0 Å². The van der Waals surface area contributed by atoms with Crippen LogP contribution in [0.3, 0.4) is 0 Å². The molecular formula is C12H19NO2. The molecule has 0 rings (SSSR count). The van der Waals surface area contributed by atoms with Gasteiger partial charge >= 0.3 is 0 Å². The van der Waals surface area contributed by atoms with Gasteiger partial charge in [-0.05, 0) is 19.3 Å². The fourth-order valence-electron chi connectivity index (χ4n) is 1.17. The predicted molar refractivity (Wildman–Crippen MR) is 60.2 cm³/mol. The van der Waals surface area contributed by atoms with Crippen molar-refractivity contribution in [3.8, 4) is 11.8 Å². The van der Waals surface area contributed by atoms with E-state index >= 15 is 0 Å². The smallest absolute Gasteiger partial charge is 0.296 e. The second-order valence-corrected chi connectivity index (χ2v) is 3.57. The maximum absolute atomic E-state index is 11.5. The van der Waals surface area contributed by atoms with Crippen molar-refractivity contribution >= 4 is 11.7 Å². The van der Waals surface area contributed by atoms with E-state index in [2.05, 4.69) is 24.1 Å². The average molecular weight is 209 g/mol. The summed E-state index contributed by atoms with van der Waals surface area (Å²) in [4.78, 5) is 22.4. The molecule has 0 heterocycles. The van der Waals surface area contributed by atoms with Crippen molar-refractivity contribution in [3.63, 3.8) is 0 Å². The number of carbonyl (C=O) groups is 2. The van der Waals surface area contributed by atoms with Crippen LogP contribution in [0.1, 0.15) is 40.0 Å². The second-order valence-electron chi connectivity index (χ2n) is 3.57. The molecule has 1 N–H and O–H groups in total. The summed E-state index contributed by atoms with van der Waals surface area (Å²) >= 11 is 0. The maximum atomic E-state index is 11.5. The highest BCUT2D eigenvalue weighted by molar-refractivity contribution is 5.96. The Labute approximate surface area is 91.6 Å². The van der Waals surface area contributed by atoms with Gasteiger partial charge in [-0.25, -0.2) is 0 Å². The first-order valence-corrected chi connectivity index (χ1v) is 5.35. The Bertz CT molecular complexity index is 273. The molecule has 0 aliphatic heterocycles. The zero-order valence-corrected chi connectivity index (χ0v) is 9.72. The molecule has 0 aliphatic carbocycles. The molecule has 0 spiro atoms. The minimum atomic E-state index is -0.381. The summed E-state index contributed by atoms with van der Waals surface area (Å²) in [6.45, 7) is 5.68. The molecule has 0 aromatic carbocycles. The van der Waals surface area contributed by atoms with Gasteiger partial charge in [0.25, 0.3) is 5.91 Å². The van der Waals surface area contributed by atoms with Crippen LogP contribution in [0.2, 0.25) is 0 Å². The summed E-state index contributed by atoms with van der Waals surface area (Å²) < 4.78 is 0. The minimum absolute atomic E-state index is 0.0276. The second kappa shape index (κ2) is 8.05. The van der Waals surface area contributed by atoms with E-state index in [0.29, 0.717) is 0 Å². The van der Waals surface area contributed by atoms with Gasteiger partial charge in [0.15, 0.2) is 5.78 Å². The normalized spacial score (nSPS) is 11.1. The molecule has 0 bridgehead atoms. The number of ketones is 1. The largest absolute Gasteiger partial charge is 0.338 e. The fraction of sp³-hybridized carbons (Fsp3) is 0.667. The standard InChI is InChI=1S/C12H19NO2/c1-4-6-8-10(3)11(14)9-13-12(15)7-5-2/h10H,4,6,8-9H2,1-3H3,(H,13,15). The molecule has 1 amide bonds. The van der Waals surface area contributed by atoms with Gasteiger partial charge in [-0.1, -0.05) is 32.6 Å². The van der Waals surface area contributed by atoms with Gasteiger partial charge in [0.05, 0.1) is 6.54 Å². The number of carbonyl (C=O) groups excluding carboxylic acids is 2. The molecule has 0 fully saturated rings. The van der Waals surface area contributed by atoms with Gasteiger partial charge in [0.1, 0.15) is 0 Å². The van der Waals surface area contributed by atoms with Crippen LogP contribution in [0, 0.1) is 17.8 Å². The number of unbranched alkanes of at least 4 members (excludes halogenated alkanes) is 1. The third kappa shape index (κ3) is 6.73. The molecule has 3 nitrogen and oxygen atoms in total. The van der Waals surface area contributed by atoms with E-state index in [0.717, 1.165) is 19.3 Å². The highest BCUT2D eigenvalue weighted by Gasteiger charge is 2.12. The molecule has 0 aromatic rings. The maximum Gasteiger partial charge on any atom is 0.296 e. The van der Waals surface area contributed by atoms with Gasteiger partial charge < -0.3 is 5.32 Å². The van der Waals surface area contributed by atoms with E-state index in [4.69, 9.17) is 0 Å². The first kappa shape index (κ1) is 13.7. The molecule has 15 heavy (non-hydrogen) atoms. The van der Waals surface area contributed by atoms with Crippen molar-refractivity contribution < 1.29 is 9.59 Å². The van der Waals surface area contributed by atoms with Crippen LogP contribution < -0.4 is 5.32 Å². The quantitative estimate of drug-likeness (QED) is 0.674. The zero-order chi connectivity index (χ0) is 11.7. The van der Waals surface area contributed by atoms with Crippen LogP contribution in [-0.2, 0) is 9.59 Å². The lowest BCUT2D eigenvalue weighted by Crippen LogP contribution is -2.31. The highest BCUT2D eigenvalue weighted by Crippen LogP contribution is 2.07. The first-order chi connectivity index (χ1) is 7.11. The average Bonchev–Trinajstić information content (AvgIpc) is 2.22. The van der Waals surface area contributed by atoms with Crippen LogP contribution in [0.15, 0.2) is 0 Å². The SMILES string of the molecule is CC#CC(=O)NCC(=O)C(C)CCCC. The van der Waals surface area contributed by atoms with Crippen LogP contribution in [0.5, 0.6) is 0 Å². The van der Waals surface area contributed by atoms with Gasteiger partial charge in [-0.3, -0.25) is 9.59 Å². The summed E-state index contributed by atoms with van der Waals surface area (Å²) in [5, 5.41) is 2.48. The topological polar surface area (TPSA) is 46.2 Å². The Morgan fingerprint density at radius 3 is 2.60 bits per heavy atom. The Kier molecular flexibility index (Phi) is 7.35. The molecular weight excluding hydrogens is 190 g/mol. The monoisotopic (exact) mass is 209 g/mol. The Morgan fingerprint density at radius 2 is 2.07 bits per heavy atom. The molecule has 0 saturated heterocycles. The fourth-order valence-corrected chi connectivity index (χ4v) is 1.17. The van der Waals surface area contributed by atoms with Crippen molar-refractivity contribution in [2.45, 2.75) is 40.0 Å². The van der Waals surface area contributed by atoms with Crippen LogP contribution >= 0.6 is 0 Å². The lowest BCUT2D eigenvalue weighted by atomic mass is 10.00. The number of nitrogens with one attached hydrogen (secondary N) is 1. The van der Waals surface area contributed by atoms with Crippen molar-refractivity contribution in [1.82, 2.24) is 5.32 Å². The lowest BCUT2D eigenvalue weighted by molar-refractivity contribution is -0.124. The number of hydrogen-bond acceptors (Lipinski definition) is 2. The van der Waals surface area contributed by atoms with E-state index < -0.39 is 0 Å². The molecule has 84 valence electrons. The van der Waals surface area contributed by atoms with Gasteiger partial charge in [-0.15, -0.1) is 0 Å². The van der Waals surface area contributed by atoms with Crippen molar-refractivity contribution in [3.05, 3.63) is 0 Å². The number of amides is 1. The van der Waals surface area contributed by atoms with E-state index in [1.54, 1.807) is 6.92 Å². The molecule has 3 heteroatoms. The van der Waals surface area contributed by atoms with Gasteiger partial charge in [0, 0.05) is 5.92 Å². The minimum Gasteiger partial charge on any atom is -0.338 e. The Morgan fingerprint density at radius 1 is 1.40 bits per heavy atom. The van der Waals surface area contributed by atoms with E-state index in [9.17, 15) is 9.59 Å². The highest BCUT2D eigenvalue weighted by atomic mass is 16.2. The Hall–Kier alpha value is -1.30. The summed E-state index contributed by atoms with van der Waals surface area (Å²) in [6, 6.07) is 0. The summed E-state index contributed by atoms with van der Waals surface area (Å²) in [5.41, 5.74) is 0. The van der Waals surface area contributed by atoms with Gasteiger partial charge in [0.2, 0.25) is 0 Å². The first-order valence-electron chi connectivity index (χ1n) is 5.35. The molecule has 0 aromatic heterocycles. The van der Waals surface area contributed by atoms with Crippen molar-refractivity contribution in [1.29, 1.82) is 0 Å². The third-order valence-corrected chi connectivity index (χ3v) is 2.20. The lowest BCUT2D eigenvalue weighted by Gasteiger charge is -2.09. The molecule has 0 aliphatic rings. The summed E-state index contributed by atoms with van der Waals surface area (Å²) in [6.07, 6.45) is 3.03. The van der Waals surface area contributed by atoms with E-state index in [1.807, 2.05) is 6.92 Å².